The van der Waals surface area contributed by atoms with Gasteiger partial charge in [0.05, 0.1) is 6.61 Å². The minimum Gasteiger partial charge on any atom is -0.462 e. The Hall–Kier alpha value is -1.10. The van der Waals surface area contributed by atoms with E-state index >= 15 is 0 Å². The van der Waals surface area contributed by atoms with Gasteiger partial charge in [0.25, 0.3) is 0 Å². The second kappa shape index (κ2) is 26.5. The first-order valence-corrected chi connectivity index (χ1v) is 14.6. The van der Waals surface area contributed by atoms with Gasteiger partial charge in [-0.1, -0.05) is 129 Å². The van der Waals surface area contributed by atoms with Gasteiger partial charge < -0.3 is 14.6 Å². The molecule has 5 heteroatoms. The van der Waals surface area contributed by atoms with Gasteiger partial charge in [-0.25, -0.2) is 0 Å². The third-order valence-corrected chi connectivity index (χ3v) is 6.40. The standard InChI is InChI=1S/C29H56O5/c1-3-5-7-9-11-13-14-15-16-18-20-22-24-29(32)34-27(25-30)26-33-28(31)23-21-19-17-12-10-8-6-4-2/h27,30H,3-26H2,1-2H3/t27-/m0/s1. The predicted molar refractivity (Wildman–Crippen MR) is 141 cm³/mol. The van der Waals surface area contributed by atoms with Crippen molar-refractivity contribution in [2.75, 3.05) is 13.2 Å². The summed E-state index contributed by atoms with van der Waals surface area (Å²) in [5, 5.41) is 9.43. The van der Waals surface area contributed by atoms with Crippen LogP contribution in [0.4, 0.5) is 0 Å². The number of hydrogen-bond acceptors (Lipinski definition) is 5. The van der Waals surface area contributed by atoms with Gasteiger partial charge in [-0.2, -0.15) is 0 Å². The molecule has 1 N–H and O–H groups in total. The zero-order valence-electron chi connectivity index (χ0n) is 22.6. The topological polar surface area (TPSA) is 72.8 Å². The second-order valence-corrected chi connectivity index (χ2v) is 9.84. The molecule has 0 bridgehead atoms. The Bertz CT molecular complexity index is 452. The van der Waals surface area contributed by atoms with Crippen molar-refractivity contribution in [1.82, 2.24) is 0 Å². The molecule has 0 unspecified atom stereocenters. The van der Waals surface area contributed by atoms with Gasteiger partial charge in [-0.15, -0.1) is 0 Å². The van der Waals surface area contributed by atoms with E-state index in [0.717, 1.165) is 38.5 Å². The minimum absolute atomic E-state index is 0.0590. The lowest BCUT2D eigenvalue weighted by Gasteiger charge is -2.15. The lowest BCUT2D eigenvalue weighted by molar-refractivity contribution is -0.161. The molecule has 0 saturated heterocycles. The summed E-state index contributed by atoms with van der Waals surface area (Å²) < 4.78 is 10.5. The quantitative estimate of drug-likeness (QED) is 0.0992. The van der Waals surface area contributed by atoms with E-state index < -0.39 is 6.10 Å². The molecule has 0 aromatic heterocycles. The monoisotopic (exact) mass is 484 g/mol. The van der Waals surface area contributed by atoms with Crippen molar-refractivity contribution in [3.63, 3.8) is 0 Å². The van der Waals surface area contributed by atoms with Crippen molar-refractivity contribution in [2.24, 2.45) is 0 Å². The molecule has 5 nitrogen and oxygen atoms in total. The van der Waals surface area contributed by atoms with Gasteiger partial charge in [0.1, 0.15) is 6.61 Å². The molecule has 0 aromatic carbocycles. The highest BCUT2D eigenvalue weighted by atomic mass is 16.6. The molecule has 0 aliphatic rings. The third kappa shape index (κ3) is 24.0. The van der Waals surface area contributed by atoms with Crippen LogP contribution in [0.2, 0.25) is 0 Å². The van der Waals surface area contributed by atoms with Gasteiger partial charge >= 0.3 is 11.9 Å². The maximum absolute atomic E-state index is 12.0. The van der Waals surface area contributed by atoms with E-state index in [1.165, 1.54) is 89.9 Å². The lowest BCUT2D eigenvalue weighted by atomic mass is 10.0. The van der Waals surface area contributed by atoms with Crippen LogP contribution in [0.3, 0.4) is 0 Å². The van der Waals surface area contributed by atoms with Crippen LogP contribution in [-0.4, -0.2) is 36.4 Å². The van der Waals surface area contributed by atoms with Crippen LogP contribution in [0, 0.1) is 0 Å². The van der Waals surface area contributed by atoms with Crippen molar-refractivity contribution >= 4 is 11.9 Å². The predicted octanol–water partition coefficient (Wildman–Crippen LogP) is 8.06. The summed E-state index contributed by atoms with van der Waals surface area (Å²) in [5.74, 6) is -0.591. The molecule has 0 rings (SSSR count). The number of carbonyl (C=O) groups is 2. The van der Waals surface area contributed by atoms with Crippen LogP contribution in [0.5, 0.6) is 0 Å². The summed E-state index contributed by atoms with van der Waals surface area (Å²) in [5.41, 5.74) is 0. The molecular weight excluding hydrogens is 428 g/mol. The number of carbonyl (C=O) groups excluding carboxylic acids is 2. The van der Waals surface area contributed by atoms with Gasteiger partial charge in [-0.05, 0) is 12.8 Å². The van der Waals surface area contributed by atoms with Crippen LogP contribution < -0.4 is 0 Å². The van der Waals surface area contributed by atoms with Crippen molar-refractivity contribution in [3.05, 3.63) is 0 Å². The highest BCUT2D eigenvalue weighted by Crippen LogP contribution is 2.13. The highest BCUT2D eigenvalue weighted by Gasteiger charge is 2.16. The molecule has 1 atom stereocenters. The fourth-order valence-corrected chi connectivity index (χ4v) is 4.14. The molecular formula is C29H56O5. The number of ether oxygens (including phenoxy) is 2. The summed E-state index contributed by atoms with van der Waals surface area (Å²) in [4.78, 5) is 23.9. The number of aliphatic hydroxyl groups is 1. The number of esters is 2. The lowest BCUT2D eigenvalue weighted by Crippen LogP contribution is -2.28. The Morgan fingerprint density at radius 1 is 0.559 bits per heavy atom. The Kier molecular flexibility index (Phi) is 25.6. The average molecular weight is 485 g/mol. The van der Waals surface area contributed by atoms with Crippen LogP contribution in [0.15, 0.2) is 0 Å². The summed E-state index contributed by atoms with van der Waals surface area (Å²) in [7, 11) is 0. The molecule has 0 aliphatic carbocycles. The van der Waals surface area contributed by atoms with E-state index in [4.69, 9.17) is 9.47 Å². The average Bonchev–Trinajstić information content (AvgIpc) is 2.84. The highest BCUT2D eigenvalue weighted by molar-refractivity contribution is 5.70. The van der Waals surface area contributed by atoms with Crippen LogP contribution >= 0.6 is 0 Å². The van der Waals surface area contributed by atoms with Crippen molar-refractivity contribution in [3.8, 4) is 0 Å². The zero-order valence-corrected chi connectivity index (χ0v) is 22.6. The van der Waals surface area contributed by atoms with E-state index in [2.05, 4.69) is 13.8 Å². The Morgan fingerprint density at radius 2 is 0.912 bits per heavy atom. The minimum atomic E-state index is -0.757. The van der Waals surface area contributed by atoms with Crippen LogP contribution in [0.25, 0.3) is 0 Å². The fourth-order valence-electron chi connectivity index (χ4n) is 4.14. The first-order chi connectivity index (χ1) is 16.6. The molecule has 0 radical (unpaired) electrons. The molecule has 202 valence electrons. The van der Waals surface area contributed by atoms with E-state index in [1.807, 2.05) is 0 Å². The Morgan fingerprint density at radius 3 is 1.29 bits per heavy atom. The smallest absolute Gasteiger partial charge is 0.306 e. The summed E-state index contributed by atoms with van der Waals surface area (Å²) in [6.07, 6.45) is 24.4. The van der Waals surface area contributed by atoms with E-state index in [1.54, 1.807) is 0 Å². The van der Waals surface area contributed by atoms with E-state index in [0.29, 0.717) is 12.8 Å². The summed E-state index contributed by atoms with van der Waals surface area (Å²) in [6.45, 7) is 4.08. The Balaban J connectivity index is 3.58. The number of unbranched alkanes of at least 4 members (excludes halogenated alkanes) is 18. The second-order valence-electron chi connectivity index (χ2n) is 9.84. The van der Waals surface area contributed by atoms with Gasteiger partial charge in [-0.3, -0.25) is 9.59 Å². The van der Waals surface area contributed by atoms with Gasteiger partial charge in [0.2, 0.25) is 0 Å². The molecule has 0 fully saturated rings. The van der Waals surface area contributed by atoms with Crippen molar-refractivity contribution in [1.29, 1.82) is 0 Å². The molecule has 0 aliphatic heterocycles. The first-order valence-electron chi connectivity index (χ1n) is 14.6. The molecule has 0 spiro atoms. The van der Waals surface area contributed by atoms with E-state index in [-0.39, 0.29) is 25.2 Å². The number of rotatable bonds is 26. The van der Waals surface area contributed by atoms with Crippen molar-refractivity contribution < 1.29 is 24.2 Å². The van der Waals surface area contributed by atoms with Gasteiger partial charge in [0, 0.05) is 12.8 Å². The maximum Gasteiger partial charge on any atom is 0.306 e. The third-order valence-electron chi connectivity index (χ3n) is 6.40. The molecule has 0 heterocycles. The summed E-state index contributed by atoms with van der Waals surface area (Å²) in [6, 6.07) is 0. The Labute approximate surface area is 210 Å². The maximum atomic E-state index is 12.0. The summed E-state index contributed by atoms with van der Waals surface area (Å²) >= 11 is 0. The van der Waals surface area contributed by atoms with Crippen molar-refractivity contribution in [2.45, 2.75) is 161 Å². The normalized spacial score (nSPS) is 12.0. The zero-order chi connectivity index (χ0) is 25.1. The number of hydrogen-bond donors (Lipinski definition) is 1. The first kappa shape index (κ1) is 32.9. The van der Waals surface area contributed by atoms with E-state index in [9.17, 15) is 14.7 Å². The molecule has 0 saturated carbocycles. The van der Waals surface area contributed by atoms with Crippen LogP contribution in [-0.2, 0) is 19.1 Å². The largest absolute Gasteiger partial charge is 0.462 e. The molecule has 0 amide bonds. The SMILES string of the molecule is CCCCCCCCCCCCCCC(=O)O[C@@H](CO)COC(=O)CCCCCCCCCC. The van der Waals surface area contributed by atoms with Crippen LogP contribution in [0.1, 0.15) is 155 Å². The molecule has 34 heavy (non-hydrogen) atoms. The molecule has 0 aromatic rings. The van der Waals surface area contributed by atoms with Gasteiger partial charge in [0.15, 0.2) is 6.10 Å². The number of aliphatic hydroxyl groups excluding tert-OH is 1. The fraction of sp³-hybridized carbons (Fsp3) is 0.931.